The lowest BCUT2D eigenvalue weighted by atomic mass is 10.2. The van der Waals surface area contributed by atoms with Crippen molar-refractivity contribution in [1.82, 2.24) is 9.55 Å². The summed E-state index contributed by atoms with van der Waals surface area (Å²) in [5, 5.41) is 1.88. The number of H-pyrrole nitrogens is 1. The molecule has 0 radical (unpaired) electrons. The van der Waals surface area contributed by atoms with Gasteiger partial charge in [0.05, 0.1) is 11.2 Å². The van der Waals surface area contributed by atoms with E-state index in [1.807, 2.05) is 36.6 Å². The van der Waals surface area contributed by atoms with Gasteiger partial charge in [0.15, 0.2) is 4.77 Å². The first-order valence-corrected chi connectivity index (χ1v) is 7.64. The zero-order valence-electron chi connectivity index (χ0n) is 9.94. The fourth-order valence-electron chi connectivity index (χ4n) is 2.02. The van der Waals surface area contributed by atoms with Crippen molar-refractivity contribution in [3.05, 3.63) is 54.8 Å². The molecule has 3 rings (SSSR count). The first-order chi connectivity index (χ1) is 9.06. The Morgan fingerprint density at radius 2 is 2.16 bits per heavy atom. The average molecular weight is 353 g/mol. The summed E-state index contributed by atoms with van der Waals surface area (Å²) in [6.45, 7) is 1.98. The summed E-state index contributed by atoms with van der Waals surface area (Å²) >= 11 is 10.2. The predicted molar refractivity (Wildman–Crippen MR) is 85.0 cm³/mol. The van der Waals surface area contributed by atoms with Crippen LogP contribution in [0.25, 0.3) is 15.9 Å². The Labute approximate surface area is 126 Å². The topological polar surface area (TPSA) is 37.8 Å². The number of hydrogen-bond donors (Lipinski definition) is 1. The normalized spacial score (nSPS) is 11.1. The van der Waals surface area contributed by atoms with Crippen LogP contribution in [-0.4, -0.2) is 9.55 Å². The third-order valence-electron chi connectivity index (χ3n) is 2.79. The molecule has 0 bridgehead atoms. The Hall–Kier alpha value is -1.24. The number of rotatable bonds is 1. The average Bonchev–Trinajstić information content (AvgIpc) is 2.75. The SMILES string of the molecule is Cc1cc(Br)cc(-n2c(=S)[nH]c3ccsc3c2=O)c1. The van der Waals surface area contributed by atoms with Crippen molar-refractivity contribution in [3.63, 3.8) is 0 Å². The number of aromatic nitrogens is 2. The van der Waals surface area contributed by atoms with E-state index in [-0.39, 0.29) is 5.56 Å². The van der Waals surface area contributed by atoms with Crippen LogP contribution in [0, 0.1) is 11.7 Å². The van der Waals surface area contributed by atoms with Gasteiger partial charge in [-0.2, -0.15) is 0 Å². The van der Waals surface area contributed by atoms with Gasteiger partial charge < -0.3 is 4.98 Å². The molecule has 0 saturated carbocycles. The minimum Gasteiger partial charge on any atom is -0.331 e. The number of aromatic amines is 1. The van der Waals surface area contributed by atoms with Gasteiger partial charge in [-0.05, 0) is 54.4 Å². The van der Waals surface area contributed by atoms with Crippen LogP contribution in [0.3, 0.4) is 0 Å². The van der Waals surface area contributed by atoms with Gasteiger partial charge in [0.2, 0.25) is 0 Å². The Bertz CT molecular complexity index is 871. The van der Waals surface area contributed by atoms with Crippen LogP contribution in [0.4, 0.5) is 0 Å². The third kappa shape index (κ3) is 2.20. The smallest absolute Gasteiger partial charge is 0.276 e. The highest BCUT2D eigenvalue weighted by atomic mass is 79.9. The number of halogens is 1. The van der Waals surface area contributed by atoms with Crippen molar-refractivity contribution in [3.8, 4) is 5.69 Å². The van der Waals surface area contributed by atoms with E-state index in [0.29, 0.717) is 9.47 Å². The molecule has 1 aromatic carbocycles. The molecule has 0 aliphatic rings. The number of hydrogen-bond acceptors (Lipinski definition) is 3. The lowest BCUT2D eigenvalue weighted by Crippen LogP contribution is -2.19. The van der Waals surface area contributed by atoms with Crippen LogP contribution in [0.5, 0.6) is 0 Å². The first kappa shape index (κ1) is 12.8. The van der Waals surface area contributed by atoms with Gasteiger partial charge in [-0.15, -0.1) is 11.3 Å². The van der Waals surface area contributed by atoms with E-state index in [1.54, 1.807) is 0 Å². The second kappa shape index (κ2) is 4.70. The lowest BCUT2D eigenvalue weighted by molar-refractivity contribution is 0.941. The standard InChI is InChI=1S/C13H9BrN2OS2/c1-7-4-8(14)6-9(5-7)16-12(17)11-10(2-3-19-11)15-13(16)18/h2-6H,1H3,(H,15,18). The summed E-state index contributed by atoms with van der Waals surface area (Å²) in [5.41, 5.74) is 2.56. The molecule has 6 heteroatoms. The molecule has 0 amide bonds. The van der Waals surface area contributed by atoms with E-state index in [0.717, 1.165) is 21.2 Å². The third-order valence-corrected chi connectivity index (χ3v) is 4.44. The van der Waals surface area contributed by atoms with Crippen LogP contribution in [0.1, 0.15) is 5.56 Å². The second-order valence-electron chi connectivity index (χ2n) is 4.22. The molecule has 2 aromatic heterocycles. The molecule has 0 saturated heterocycles. The Morgan fingerprint density at radius 3 is 2.89 bits per heavy atom. The Balaban J connectivity index is 2.42. The van der Waals surface area contributed by atoms with Crippen molar-refractivity contribution in [1.29, 1.82) is 0 Å². The number of benzene rings is 1. The molecular weight excluding hydrogens is 344 g/mol. The fraction of sp³-hybridized carbons (Fsp3) is 0.0769. The summed E-state index contributed by atoms with van der Waals surface area (Å²) in [4.78, 5) is 15.6. The van der Waals surface area contributed by atoms with Gasteiger partial charge >= 0.3 is 0 Å². The highest BCUT2D eigenvalue weighted by molar-refractivity contribution is 9.10. The number of nitrogens with one attached hydrogen (secondary N) is 1. The van der Waals surface area contributed by atoms with Gasteiger partial charge in [0, 0.05) is 4.47 Å². The minimum atomic E-state index is -0.0775. The highest BCUT2D eigenvalue weighted by Gasteiger charge is 2.09. The monoisotopic (exact) mass is 352 g/mol. The molecule has 96 valence electrons. The summed E-state index contributed by atoms with van der Waals surface area (Å²) < 4.78 is 3.56. The molecule has 0 fully saturated rings. The molecule has 0 aliphatic heterocycles. The van der Waals surface area contributed by atoms with Gasteiger partial charge in [-0.1, -0.05) is 15.9 Å². The van der Waals surface area contributed by atoms with Crippen molar-refractivity contribution in [2.75, 3.05) is 0 Å². The van der Waals surface area contributed by atoms with E-state index in [4.69, 9.17) is 12.2 Å². The molecule has 1 N–H and O–H groups in total. The largest absolute Gasteiger partial charge is 0.331 e. The summed E-state index contributed by atoms with van der Waals surface area (Å²) in [5.74, 6) is 0. The second-order valence-corrected chi connectivity index (χ2v) is 6.44. The van der Waals surface area contributed by atoms with E-state index in [1.165, 1.54) is 15.9 Å². The quantitative estimate of drug-likeness (QED) is 0.667. The van der Waals surface area contributed by atoms with Crippen molar-refractivity contribution in [2.45, 2.75) is 6.92 Å². The van der Waals surface area contributed by atoms with E-state index in [2.05, 4.69) is 20.9 Å². The summed E-state index contributed by atoms with van der Waals surface area (Å²) in [6, 6.07) is 7.69. The van der Waals surface area contributed by atoms with Crippen molar-refractivity contribution in [2.24, 2.45) is 0 Å². The van der Waals surface area contributed by atoms with E-state index < -0.39 is 0 Å². The number of thiophene rings is 1. The fourth-order valence-corrected chi connectivity index (χ4v) is 3.69. The molecule has 3 aromatic rings. The number of nitrogens with zero attached hydrogens (tertiary/aromatic N) is 1. The molecular formula is C13H9BrN2OS2. The molecule has 0 aliphatic carbocycles. The van der Waals surface area contributed by atoms with E-state index >= 15 is 0 Å². The molecule has 0 spiro atoms. The van der Waals surface area contributed by atoms with Crippen LogP contribution in [0.15, 0.2) is 38.9 Å². The van der Waals surface area contributed by atoms with Crippen LogP contribution in [-0.2, 0) is 0 Å². The van der Waals surface area contributed by atoms with Crippen molar-refractivity contribution >= 4 is 49.7 Å². The number of aryl methyl sites for hydroxylation is 1. The van der Waals surface area contributed by atoms with Gasteiger partial charge in [0.25, 0.3) is 5.56 Å². The Morgan fingerprint density at radius 1 is 1.37 bits per heavy atom. The van der Waals surface area contributed by atoms with Crippen LogP contribution in [0.2, 0.25) is 0 Å². The van der Waals surface area contributed by atoms with Gasteiger partial charge in [-0.3, -0.25) is 9.36 Å². The predicted octanol–water partition coefficient (Wildman–Crippen LogP) is 4.18. The molecule has 0 atom stereocenters. The van der Waals surface area contributed by atoms with E-state index in [9.17, 15) is 4.79 Å². The maximum atomic E-state index is 12.5. The number of fused-ring (bicyclic) bond motifs is 1. The maximum absolute atomic E-state index is 12.5. The molecule has 2 heterocycles. The zero-order valence-corrected chi connectivity index (χ0v) is 13.2. The summed E-state index contributed by atoms with van der Waals surface area (Å²) in [7, 11) is 0. The molecule has 19 heavy (non-hydrogen) atoms. The lowest BCUT2D eigenvalue weighted by Gasteiger charge is -2.08. The van der Waals surface area contributed by atoms with Crippen LogP contribution >= 0.6 is 39.5 Å². The highest BCUT2D eigenvalue weighted by Crippen LogP contribution is 2.20. The summed E-state index contributed by atoms with van der Waals surface area (Å²) in [6.07, 6.45) is 0. The maximum Gasteiger partial charge on any atom is 0.276 e. The van der Waals surface area contributed by atoms with Gasteiger partial charge in [0.1, 0.15) is 4.70 Å². The van der Waals surface area contributed by atoms with Gasteiger partial charge in [-0.25, -0.2) is 0 Å². The van der Waals surface area contributed by atoms with Crippen molar-refractivity contribution < 1.29 is 0 Å². The van der Waals surface area contributed by atoms with Crippen LogP contribution < -0.4 is 5.56 Å². The zero-order chi connectivity index (χ0) is 13.6. The molecule has 3 nitrogen and oxygen atoms in total. The Kier molecular flexibility index (Phi) is 3.16. The first-order valence-electron chi connectivity index (χ1n) is 5.56. The molecule has 0 unspecified atom stereocenters. The minimum absolute atomic E-state index is 0.0775.